The zero-order chi connectivity index (χ0) is 9.26. The van der Waals surface area contributed by atoms with E-state index in [4.69, 9.17) is 11.6 Å². The topological polar surface area (TPSA) is 12.0 Å². The van der Waals surface area contributed by atoms with E-state index < -0.39 is 0 Å². The van der Waals surface area contributed by atoms with Crippen LogP contribution in [0, 0.1) is 0 Å². The van der Waals surface area contributed by atoms with Crippen LogP contribution in [0.5, 0.6) is 0 Å². The lowest BCUT2D eigenvalue weighted by atomic mass is 9.94. The van der Waals surface area contributed by atoms with E-state index >= 15 is 0 Å². The van der Waals surface area contributed by atoms with E-state index in [0.717, 1.165) is 18.0 Å². The van der Waals surface area contributed by atoms with Crippen molar-refractivity contribution < 1.29 is 0 Å². The molecule has 0 spiro atoms. The van der Waals surface area contributed by atoms with Crippen LogP contribution in [-0.2, 0) is 6.42 Å². The monoisotopic (exact) mass is 193 g/mol. The highest BCUT2D eigenvalue weighted by atomic mass is 35.5. The van der Waals surface area contributed by atoms with Gasteiger partial charge in [0.15, 0.2) is 0 Å². The van der Waals surface area contributed by atoms with Crippen LogP contribution >= 0.6 is 11.6 Å². The van der Waals surface area contributed by atoms with Gasteiger partial charge in [0.05, 0.1) is 6.04 Å². The quantitative estimate of drug-likeness (QED) is 0.677. The maximum Gasteiger partial charge on any atom is 0.0507 e. The van der Waals surface area contributed by atoms with Crippen LogP contribution < -0.4 is 5.32 Å². The lowest BCUT2D eigenvalue weighted by Gasteiger charge is -2.25. The smallest absolute Gasteiger partial charge is 0.0507 e. The summed E-state index contributed by atoms with van der Waals surface area (Å²) in [6.07, 6.45) is 2.94. The largest absolute Gasteiger partial charge is 0.306 e. The fourth-order valence-electron chi connectivity index (χ4n) is 1.80. The molecular formula is C11H12ClN. The Bertz CT molecular complexity index is 333. The van der Waals surface area contributed by atoms with Crippen molar-refractivity contribution in [2.75, 3.05) is 6.54 Å². The first-order valence-electron chi connectivity index (χ1n) is 4.46. The summed E-state index contributed by atoms with van der Waals surface area (Å²) >= 11 is 6.10. The van der Waals surface area contributed by atoms with Crippen molar-refractivity contribution in [2.45, 2.75) is 12.5 Å². The summed E-state index contributed by atoms with van der Waals surface area (Å²) in [6, 6.07) is 6.32. The molecule has 2 heteroatoms. The van der Waals surface area contributed by atoms with Crippen LogP contribution in [0.4, 0.5) is 0 Å². The molecule has 2 rings (SSSR count). The van der Waals surface area contributed by atoms with Gasteiger partial charge in [-0.1, -0.05) is 29.8 Å². The van der Waals surface area contributed by atoms with Gasteiger partial charge < -0.3 is 5.32 Å². The van der Waals surface area contributed by atoms with Gasteiger partial charge in [0.2, 0.25) is 0 Å². The van der Waals surface area contributed by atoms with Gasteiger partial charge in [-0.3, -0.25) is 0 Å². The Morgan fingerprint density at radius 2 is 2.38 bits per heavy atom. The molecule has 0 saturated heterocycles. The summed E-state index contributed by atoms with van der Waals surface area (Å²) in [5.41, 5.74) is 2.54. The summed E-state index contributed by atoms with van der Waals surface area (Å²) in [4.78, 5) is 0. The van der Waals surface area contributed by atoms with Crippen molar-refractivity contribution >= 4 is 11.6 Å². The number of fused-ring (bicyclic) bond motifs is 1. The molecule has 1 aromatic rings. The molecule has 0 amide bonds. The average Bonchev–Trinajstić information content (AvgIpc) is 2.18. The maximum atomic E-state index is 6.10. The number of benzene rings is 1. The van der Waals surface area contributed by atoms with Crippen molar-refractivity contribution in [3.63, 3.8) is 0 Å². The van der Waals surface area contributed by atoms with E-state index in [1.807, 2.05) is 18.2 Å². The lowest BCUT2D eigenvalue weighted by Crippen LogP contribution is -2.28. The molecule has 0 saturated carbocycles. The third-order valence-electron chi connectivity index (χ3n) is 2.47. The normalized spacial score (nSPS) is 20.8. The van der Waals surface area contributed by atoms with Crippen molar-refractivity contribution in [1.82, 2.24) is 5.32 Å². The van der Waals surface area contributed by atoms with Gasteiger partial charge in [-0.2, -0.15) is 0 Å². The molecule has 13 heavy (non-hydrogen) atoms. The highest BCUT2D eigenvalue weighted by Crippen LogP contribution is 2.28. The molecule has 0 aliphatic carbocycles. The summed E-state index contributed by atoms with van der Waals surface area (Å²) in [6.45, 7) is 4.79. The van der Waals surface area contributed by atoms with Gasteiger partial charge in [-0.15, -0.1) is 6.58 Å². The van der Waals surface area contributed by atoms with E-state index in [2.05, 4.69) is 18.0 Å². The van der Waals surface area contributed by atoms with E-state index in [1.54, 1.807) is 0 Å². The van der Waals surface area contributed by atoms with Crippen LogP contribution in [0.2, 0.25) is 5.02 Å². The van der Waals surface area contributed by atoms with E-state index in [1.165, 1.54) is 11.1 Å². The minimum atomic E-state index is 0.266. The molecule has 0 aromatic heterocycles. The van der Waals surface area contributed by atoms with Crippen LogP contribution in [-0.4, -0.2) is 6.54 Å². The molecule has 1 nitrogen and oxygen atoms in total. The standard InChI is InChI=1S/C11H12ClN/c1-2-11-9-4-3-5-10(12)8(9)6-7-13-11/h2-5,11,13H,1,6-7H2. The van der Waals surface area contributed by atoms with Crippen molar-refractivity contribution in [2.24, 2.45) is 0 Å². The Kier molecular flexibility index (Phi) is 2.38. The Hall–Kier alpha value is -0.790. The lowest BCUT2D eigenvalue weighted by molar-refractivity contribution is 0.582. The highest BCUT2D eigenvalue weighted by molar-refractivity contribution is 6.31. The second-order valence-electron chi connectivity index (χ2n) is 3.23. The molecule has 0 radical (unpaired) electrons. The Balaban J connectivity index is 2.51. The van der Waals surface area contributed by atoms with Gasteiger partial charge in [0.25, 0.3) is 0 Å². The molecule has 68 valence electrons. The van der Waals surface area contributed by atoms with E-state index in [0.29, 0.717) is 0 Å². The van der Waals surface area contributed by atoms with Crippen LogP contribution in [0.15, 0.2) is 30.9 Å². The Labute approximate surface area is 83.4 Å². The first-order valence-corrected chi connectivity index (χ1v) is 4.84. The Morgan fingerprint density at radius 3 is 3.15 bits per heavy atom. The summed E-state index contributed by atoms with van der Waals surface area (Å²) in [5.74, 6) is 0. The number of nitrogens with one attached hydrogen (secondary N) is 1. The maximum absolute atomic E-state index is 6.10. The number of hydrogen-bond donors (Lipinski definition) is 1. The zero-order valence-electron chi connectivity index (χ0n) is 7.39. The predicted octanol–water partition coefficient (Wildman–Crippen LogP) is 2.71. The van der Waals surface area contributed by atoms with Gasteiger partial charge in [-0.05, 0) is 23.6 Å². The van der Waals surface area contributed by atoms with Gasteiger partial charge in [0, 0.05) is 11.6 Å². The highest BCUT2D eigenvalue weighted by Gasteiger charge is 2.18. The van der Waals surface area contributed by atoms with Gasteiger partial charge in [0.1, 0.15) is 0 Å². The van der Waals surface area contributed by atoms with Crippen molar-refractivity contribution in [3.05, 3.63) is 47.0 Å². The van der Waals surface area contributed by atoms with E-state index in [9.17, 15) is 0 Å². The fraction of sp³-hybridized carbons (Fsp3) is 0.273. The molecule has 1 atom stereocenters. The third-order valence-corrected chi connectivity index (χ3v) is 2.82. The summed E-state index contributed by atoms with van der Waals surface area (Å²) in [5, 5.41) is 4.26. The average molecular weight is 194 g/mol. The molecule has 1 aliphatic heterocycles. The molecule has 1 N–H and O–H groups in total. The molecule has 1 aliphatic rings. The summed E-state index contributed by atoms with van der Waals surface area (Å²) in [7, 11) is 0. The van der Waals surface area contributed by atoms with Crippen LogP contribution in [0.1, 0.15) is 17.2 Å². The van der Waals surface area contributed by atoms with Crippen LogP contribution in [0.3, 0.4) is 0 Å². The fourth-order valence-corrected chi connectivity index (χ4v) is 2.08. The summed E-state index contributed by atoms with van der Waals surface area (Å²) < 4.78 is 0. The minimum absolute atomic E-state index is 0.266. The Morgan fingerprint density at radius 1 is 1.54 bits per heavy atom. The van der Waals surface area contributed by atoms with Crippen LogP contribution in [0.25, 0.3) is 0 Å². The molecule has 0 bridgehead atoms. The zero-order valence-corrected chi connectivity index (χ0v) is 8.14. The number of halogens is 1. The first-order chi connectivity index (χ1) is 6.33. The van der Waals surface area contributed by atoms with Gasteiger partial charge in [-0.25, -0.2) is 0 Å². The third kappa shape index (κ3) is 1.50. The molecular weight excluding hydrogens is 182 g/mol. The predicted molar refractivity (Wildman–Crippen MR) is 56.1 cm³/mol. The molecule has 1 unspecified atom stereocenters. The molecule has 0 fully saturated rings. The second-order valence-corrected chi connectivity index (χ2v) is 3.63. The minimum Gasteiger partial charge on any atom is -0.306 e. The molecule has 1 aromatic carbocycles. The van der Waals surface area contributed by atoms with E-state index in [-0.39, 0.29) is 6.04 Å². The van der Waals surface area contributed by atoms with Gasteiger partial charge >= 0.3 is 0 Å². The number of hydrogen-bond acceptors (Lipinski definition) is 1. The molecule has 1 heterocycles. The second kappa shape index (κ2) is 3.52. The van der Waals surface area contributed by atoms with Crippen molar-refractivity contribution in [3.8, 4) is 0 Å². The number of rotatable bonds is 1. The SMILES string of the molecule is C=CC1NCCc2c(Cl)cccc21. The van der Waals surface area contributed by atoms with Crippen molar-refractivity contribution in [1.29, 1.82) is 0 Å². The first kappa shape index (κ1) is 8.79.